The second kappa shape index (κ2) is 10.0. The molecule has 0 spiro atoms. The highest BCUT2D eigenvalue weighted by atomic mass is 16.3. The molecule has 1 aromatic heterocycles. The van der Waals surface area contributed by atoms with Crippen molar-refractivity contribution in [3.8, 4) is 5.75 Å². The fourth-order valence-corrected chi connectivity index (χ4v) is 3.34. The van der Waals surface area contributed by atoms with E-state index in [0.29, 0.717) is 5.56 Å². The highest BCUT2D eigenvalue weighted by Gasteiger charge is 2.34. The quantitative estimate of drug-likeness (QED) is 0.325. The van der Waals surface area contributed by atoms with Gasteiger partial charge in [0.25, 0.3) is 5.91 Å². The van der Waals surface area contributed by atoms with Crippen molar-refractivity contribution < 1.29 is 29.7 Å². The smallest absolute Gasteiger partial charge is 0.253 e. The number of aliphatic hydroxyl groups excluding tert-OH is 2. The molecule has 0 radical (unpaired) electrons. The van der Waals surface area contributed by atoms with Crippen molar-refractivity contribution >= 4 is 17.7 Å². The summed E-state index contributed by atoms with van der Waals surface area (Å²) in [6.07, 6.45) is 1.50. The minimum atomic E-state index is -1.32. The third-order valence-electron chi connectivity index (χ3n) is 5.11. The third-order valence-corrected chi connectivity index (χ3v) is 5.11. The number of hydrogen-bond donors (Lipinski definition) is 6. The van der Waals surface area contributed by atoms with E-state index in [-0.39, 0.29) is 29.7 Å². The Balaban J connectivity index is 1.72. The largest absolute Gasteiger partial charge is 0.508 e. The average molecular weight is 440 g/mol. The average Bonchev–Trinajstić information content (AvgIpc) is 2.78. The summed E-state index contributed by atoms with van der Waals surface area (Å²) in [5.41, 5.74) is 6.44. The highest BCUT2D eigenvalue weighted by molar-refractivity contribution is 5.98. The molecule has 2 aromatic rings. The van der Waals surface area contributed by atoms with Gasteiger partial charge in [0.15, 0.2) is 0 Å². The van der Waals surface area contributed by atoms with Crippen molar-refractivity contribution in [1.82, 2.24) is 15.6 Å². The summed E-state index contributed by atoms with van der Waals surface area (Å²) >= 11 is 0. The minimum absolute atomic E-state index is 0.0627. The van der Waals surface area contributed by atoms with Crippen molar-refractivity contribution in [2.45, 2.75) is 37.1 Å². The lowest BCUT2D eigenvalue weighted by molar-refractivity contribution is -0.125. The second-order valence-corrected chi connectivity index (χ2v) is 7.49. The van der Waals surface area contributed by atoms with E-state index in [1.807, 2.05) is 0 Å². The summed E-state index contributed by atoms with van der Waals surface area (Å²) in [4.78, 5) is 40.9. The summed E-state index contributed by atoms with van der Waals surface area (Å²) in [7, 11) is 0. The lowest BCUT2D eigenvalue weighted by Gasteiger charge is -2.31. The van der Waals surface area contributed by atoms with Gasteiger partial charge in [0, 0.05) is 30.8 Å². The molecular weight excluding hydrogens is 416 g/mol. The van der Waals surface area contributed by atoms with E-state index in [1.54, 1.807) is 18.2 Å². The monoisotopic (exact) mass is 440 g/mol. The van der Waals surface area contributed by atoms with Gasteiger partial charge < -0.3 is 31.7 Å². The molecule has 4 atom stereocenters. The summed E-state index contributed by atoms with van der Waals surface area (Å²) in [5, 5.41) is 34.9. The Morgan fingerprint density at radius 1 is 1.12 bits per heavy atom. The lowest BCUT2D eigenvalue weighted by Crippen LogP contribution is -2.52. The Morgan fingerprint density at radius 3 is 2.47 bits per heavy atom. The van der Waals surface area contributed by atoms with Gasteiger partial charge in [-0.3, -0.25) is 19.4 Å². The highest BCUT2D eigenvalue weighted by Crippen LogP contribution is 2.21. The number of carbonyl (C=O) groups excluding carboxylic acids is 3. The lowest BCUT2D eigenvalue weighted by atomic mass is 9.89. The molecule has 10 nitrogen and oxygen atoms in total. The van der Waals surface area contributed by atoms with Crippen LogP contribution in [0.4, 0.5) is 0 Å². The number of aromatic hydroxyl groups is 1. The van der Waals surface area contributed by atoms with Crippen molar-refractivity contribution in [3.05, 3.63) is 71.6 Å². The first kappa shape index (κ1) is 22.9. The van der Waals surface area contributed by atoms with Gasteiger partial charge in [0.1, 0.15) is 17.9 Å². The first-order valence-electron chi connectivity index (χ1n) is 9.90. The first-order valence-corrected chi connectivity index (χ1v) is 9.90. The van der Waals surface area contributed by atoms with E-state index >= 15 is 0 Å². The Labute approximate surface area is 183 Å². The molecule has 1 aliphatic rings. The molecule has 0 fully saturated rings. The van der Waals surface area contributed by atoms with E-state index in [1.165, 1.54) is 36.7 Å². The molecule has 168 valence electrons. The van der Waals surface area contributed by atoms with Crippen LogP contribution in [-0.4, -0.2) is 62.3 Å². The van der Waals surface area contributed by atoms with Gasteiger partial charge in [-0.05, 0) is 29.8 Å². The van der Waals surface area contributed by atoms with Gasteiger partial charge in [-0.25, -0.2) is 0 Å². The predicted octanol–water partition coefficient (Wildman–Crippen LogP) is -0.850. The maximum Gasteiger partial charge on any atom is 0.253 e. The number of rotatable bonds is 7. The molecule has 1 aliphatic carbocycles. The molecule has 7 N–H and O–H groups in total. The summed E-state index contributed by atoms with van der Waals surface area (Å²) in [5.74, 6) is -1.88. The van der Waals surface area contributed by atoms with Gasteiger partial charge in [-0.15, -0.1) is 0 Å². The van der Waals surface area contributed by atoms with Crippen molar-refractivity contribution in [2.75, 3.05) is 0 Å². The summed E-state index contributed by atoms with van der Waals surface area (Å²) < 4.78 is 0. The summed E-state index contributed by atoms with van der Waals surface area (Å²) in [6.45, 7) is 0. The van der Waals surface area contributed by atoms with Gasteiger partial charge in [-0.1, -0.05) is 18.2 Å². The third kappa shape index (κ3) is 5.68. The zero-order valence-electron chi connectivity index (χ0n) is 17.0. The van der Waals surface area contributed by atoms with Crippen LogP contribution in [0.1, 0.15) is 22.3 Å². The molecule has 1 aromatic carbocycles. The Hall–Kier alpha value is -3.76. The number of phenols is 1. The maximum absolute atomic E-state index is 12.8. The molecule has 0 unspecified atom stereocenters. The molecule has 0 saturated carbocycles. The number of carbonyl (C=O) groups is 3. The molecule has 3 amide bonds. The maximum atomic E-state index is 12.8. The predicted molar refractivity (Wildman–Crippen MR) is 113 cm³/mol. The van der Waals surface area contributed by atoms with E-state index in [9.17, 15) is 29.7 Å². The van der Waals surface area contributed by atoms with Crippen LogP contribution >= 0.6 is 0 Å². The van der Waals surface area contributed by atoms with Gasteiger partial charge in [0.2, 0.25) is 11.8 Å². The van der Waals surface area contributed by atoms with Gasteiger partial charge in [-0.2, -0.15) is 0 Å². The molecule has 3 rings (SSSR count). The molecule has 32 heavy (non-hydrogen) atoms. The topological polar surface area (TPSA) is 175 Å². The molecule has 10 heteroatoms. The number of pyridine rings is 1. The first-order chi connectivity index (χ1) is 15.2. The van der Waals surface area contributed by atoms with Crippen LogP contribution in [0.25, 0.3) is 0 Å². The van der Waals surface area contributed by atoms with Crippen LogP contribution in [0, 0.1) is 0 Å². The van der Waals surface area contributed by atoms with Crippen molar-refractivity contribution in [3.63, 3.8) is 0 Å². The van der Waals surface area contributed by atoms with Gasteiger partial charge >= 0.3 is 0 Å². The molecular formula is C22H24N4O6. The van der Waals surface area contributed by atoms with Crippen LogP contribution in [0.3, 0.4) is 0 Å². The van der Waals surface area contributed by atoms with Crippen molar-refractivity contribution in [2.24, 2.45) is 5.73 Å². The number of hydrogen-bond acceptors (Lipinski definition) is 7. The Kier molecular flexibility index (Phi) is 7.18. The zero-order chi connectivity index (χ0) is 23.3. The summed E-state index contributed by atoms with van der Waals surface area (Å²) in [6, 6.07) is 7.14. The number of benzene rings is 1. The number of nitrogens with two attached hydrogens (primary N) is 1. The molecule has 0 bridgehead atoms. The second-order valence-electron chi connectivity index (χ2n) is 7.49. The van der Waals surface area contributed by atoms with E-state index in [4.69, 9.17) is 5.73 Å². The van der Waals surface area contributed by atoms with Crippen LogP contribution in [0.2, 0.25) is 0 Å². The van der Waals surface area contributed by atoms with Gasteiger partial charge in [0.05, 0.1) is 17.7 Å². The van der Waals surface area contributed by atoms with Crippen molar-refractivity contribution in [1.29, 1.82) is 0 Å². The SMILES string of the molecule is NC(=O)[C@H](Cc1ccc(O)cc1)NC(=O)C1=C[C@H](NC(=O)c2cccnc2)[C@@H](O)[C@H](O)C1. The van der Waals surface area contributed by atoms with Crippen LogP contribution in [0.5, 0.6) is 5.75 Å². The van der Waals surface area contributed by atoms with E-state index < -0.39 is 42.0 Å². The number of nitrogens with one attached hydrogen (secondary N) is 2. The Bertz CT molecular complexity index is 1010. The van der Waals surface area contributed by atoms with E-state index in [0.717, 1.165) is 0 Å². The molecule has 0 saturated heterocycles. The fraction of sp³-hybridized carbons (Fsp3) is 0.273. The van der Waals surface area contributed by atoms with E-state index in [2.05, 4.69) is 15.6 Å². The van der Waals surface area contributed by atoms with Crippen LogP contribution < -0.4 is 16.4 Å². The molecule has 1 heterocycles. The number of aromatic nitrogens is 1. The zero-order valence-corrected chi connectivity index (χ0v) is 17.0. The van der Waals surface area contributed by atoms with Crippen LogP contribution in [-0.2, 0) is 16.0 Å². The number of amides is 3. The number of nitrogens with zero attached hydrogens (tertiary/aromatic N) is 1. The molecule has 0 aliphatic heterocycles. The number of primary amides is 1. The number of phenolic OH excluding ortho intramolecular Hbond substituents is 1. The minimum Gasteiger partial charge on any atom is -0.508 e. The Morgan fingerprint density at radius 2 is 1.84 bits per heavy atom. The van der Waals surface area contributed by atoms with Crippen LogP contribution in [0.15, 0.2) is 60.4 Å². The standard InChI is InChI=1S/C22H24N4O6/c23-20(30)17(8-12-3-5-15(27)6-4-12)26-22(32)14-9-16(19(29)18(28)10-14)25-21(31)13-2-1-7-24-11-13/h1-7,9,11,16-19,27-29H,8,10H2,(H2,23,30)(H,25,31)(H,26,32)/t16-,17-,18+,19+/m0/s1. The number of aliphatic hydroxyl groups is 2. The normalized spacial score (nSPS) is 21.2. The fourth-order valence-electron chi connectivity index (χ4n) is 3.34.